The number of benzene rings is 1. The molecule has 0 saturated heterocycles. The Labute approximate surface area is 98.2 Å². The normalized spacial score (nSPS) is 16.1. The second-order valence-corrected chi connectivity index (χ2v) is 6.25. The van der Waals surface area contributed by atoms with Crippen molar-refractivity contribution in [2.45, 2.75) is 17.7 Å². The van der Waals surface area contributed by atoms with E-state index in [1.807, 2.05) is 0 Å². The van der Waals surface area contributed by atoms with Crippen molar-refractivity contribution in [3.63, 3.8) is 0 Å². The summed E-state index contributed by atoms with van der Waals surface area (Å²) in [7, 11) is 3.14. The van der Waals surface area contributed by atoms with Crippen LogP contribution in [0.25, 0.3) is 0 Å². The van der Waals surface area contributed by atoms with Crippen molar-refractivity contribution in [2.24, 2.45) is 0 Å². The Bertz CT molecular complexity index is 553. The van der Waals surface area contributed by atoms with E-state index in [9.17, 15) is 13.2 Å². The molecule has 86 valence electrons. The lowest BCUT2D eigenvalue weighted by molar-refractivity contribution is -0.118. The number of anilines is 1. The molecule has 0 saturated carbocycles. The Kier molecular flexibility index (Phi) is 2.67. The second-order valence-electron chi connectivity index (χ2n) is 3.68. The molecule has 2 rings (SSSR count). The van der Waals surface area contributed by atoms with Crippen LogP contribution in [0.5, 0.6) is 0 Å². The summed E-state index contributed by atoms with van der Waals surface area (Å²) in [5.41, 5.74) is 1.59. The quantitative estimate of drug-likeness (QED) is 0.719. The monoisotopic (exact) mass is 259 g/mol. The van der Waals surface area contributed by atoms with Crippen LogP contribution < -0.4 is 4.90 Å². The lowest BCUT2D eigenvalue weighted by atomic mass is 10.0. The van der Waals surface area contributed by atoms with Crippen LogP contribution in [0, 0.1) is 0 Å². The average molecular weight is 260 g/mol. The smallest absolute Gasteiger partial charge is 0.261 e. The van der Waals surface area contributed by atoms with E-state index in [2.05, 4.69) is 0 Å². The highest BCUT2D eigenvalue weighted by atomic mass is 35.7. The first-order chi connectivity index (χ1) is 7.39. The maximum absolute atomic E-state index is 11.5. The number of rotatable bonds is 1. The fourth-order valence-corrected chi connectivity index (χ4v) is 2.53. The van der Waals surface area contributed by atoms with Crippen LogP contribution >= 0.6 is 10.7 Å². The molecule has 0 aliphatic carbocycles. The zero-order chi connectivity index (χ0) is 11.9. The fourth-order valence-electron chi connectivity index (χ4n) is 1.76. The summed E-state index contributed by atoms with van der Waals surface area (Å²) in [4.78, 5) is 12.9. The molecule has 1 aromatic rings. The molecular weight excluding hydrogens is 250 g/mol. The summed E-state index contributed by atoms with van der Waals surface area (Å²) in [6.45, 7) is 0. The van der Waals surface area contributed by atoms with Crippen LogP contribution in [0.1, 0.15) is 12.0 Å². The predicted octanol–water partition coefficient (Wildman–Crippen LogP) is 1.52. The zero-order valence-corrected chi connectivity index (χ0v) is 10.2. The molecule has 0 bridgehead atoms. The molecule has 0 spiro atoms. The summed E-state index contributed by atoms with van der Waals surface area (Å²) < 4.78 is 22.3. The molecule has 1 aromatic carbocycles. The molecule has 1 aliphatic heterocycles. The van der Waals surface area contributed by atoms with Crippen molar-refractivity contribution in [1.82, 2.24) is 0 Å². The van der Waals surface area contributed by atoms with Gasteiger partial charge in [0.1, 0.15) is 0 Å². The summed E-state index contributed by atoms with van der Waals surface area (Å²) in [5.74, 6) is -0.0170. The van der Waals surface area contributed by atoms with E-state index < -0.39 is 9.05 Å². The maximum Gasteiger partial charge on any atom is 0.261 e. The number of nitrogens with zero attached hydrogens (tertiary/aromatic N) is 1. The van der Waals surface area contributed by atoms with Gasteiger partial charge in [-0.05, 0) is 24.1 Å². The van der Waals surface area contributed by atoms with Crippen LogP contribution in [0.2, 0.25) is 0 Å². The third-order valence-corrected chi connectivity index (χ3v) is 4.03. The maximum atomic E-state index is 11.5. The number of hydrogen-bond acceptors (Lipinski definition) is 3. The lowest BCUT2D eigenvalue weighted by Crippen LogP contribution is -2.31. The van der Waals surface area contributed by atoms with Gasteiger partial charge in [-0.2, -0.15) is 0 Å². The van der Waals surface area contributed by atoms with Crippen LogP contribution in [0.3, 0.4) is 0 Å². The van der Waals surface area contributed by atoms with Crippen molar-refractivity contribution in [3.05, 3.63) is 23.8 Å². The van der Waals surface area contributed by atoms with Gasteiger partial charge in [0.15, 0.2) is 0 Å². The molecule has 16 heavy (non-hydrogen) atoms. The summed E-state index contributed by atoms with van der Waals surface area (Å²) in [6.07, 6.45) is 1.09. The Morgan fingerprint density at radius 3 is 2.62 bits per heavy atom. The first-order valence-electron chi connectivity index (χ1n) is 4.74. The van der Waals surface area contributed by atoms with Gasteiger partial charge in [-0.3, -0.25) is 4.79 Å². The van der Waals surface area contributed by atoms with Gasteiger partial charge in [0.2, 0.25) is 5.91 Å². The minimum atomic E-state index is -3.74. The van der Waals surface area contributed by atoms with E-state index in [1.165, 1.54) is 17.0 Å². The highest BCUT2D eigenvalue weighted by molar-refractivity contribution is 8.13. The highest BCUT2D eigenvalue weighted by Crippen LogP contribution is 2.30. The average Bonchev–Trinajstić information content (AvgIpc) is 2.22. The predicted molar refractivity (Wildman–Crippen MR) is 61.2 cm³/mol. The van der Waals surface area contributed by atoms with E-state index >= 15 is 0 Å². The number of carbonyl (C=O) groups excluding carboxylic acids is 1. The number of aryl methyl sites for hydroxylation is 1. The summed E-state index contributed by atoms with van der Waals surface area (Å²) in [6, 6.07) is 4.60. The Morgan fingerprint density at radius 1 is 1.31 bits per heavy atom. The highest BCUT2D eigenvalue weighted by Gasteiger charge is 2.22. The molecule has 0 fully saturated rings. The Morgan fingerprint density at radius 2 is 2.00 bits per heavy atom. The molecular formula is C10H10ClNO3S. The SMILES string of the molecule is CN1C(=O)CCc2ccc(S(=O)(=O)Cl)cc21. The van der Waals surface area contributed by atoms with E-state index in [0.29, 0.717) is 18.5 Å². The van der Waals surface area contributed by atoms with E-state index in [1.54, 1.807) is 13.1 Å². The third-order valence-electron chi connectivity index (χ3n) is 2.68. The van der Waals surface area contributed by atoms with Crippen LogP contribution in [0.4, 0.5) is 5.69 Å². The Balaban J connectivity index is 2.57. The van der Waals surface area contributed by atoms with Crippen molar-refractivity contribution < 1.29 is 13.2 Å². The Hall–Kier alpha value is -1.07. The van der Waals surface area contributed by atoms with Crippen molar-refractivity contribution in [3.8, 4) is 0 Å². The number of carbonyl (C=O) groups is 1. The molecule has 0 radical (unpaired) electrons. The van der Waals surface area contributed by atoms with Gasteiger partial charge in [-0.15, -0.1) is 0 Å². The topological polar surface area (TPSA) is 54.5 Å². The largest absolute Gasteiger partial charge is 0.315 e. The van der Waals surface area contributed by atoms with Gasteiger partial charge in [-0.1, -0.05) is 6.07 Å². The molecule has 1 heterocycles. The van der Waals surface area contributed by atoms with Crippen LogP contribution in [0.15, 0.2) is 23.1 Å². The molecule has 0 N–H and O–H groups in total. The van der Waals surface area contributed by atoms with Crippen LogP contribution in [-0.4, -0.2) is 21.4 Å². The molecule has 0 unspecified atom stereocenters. The van der Waals surface area contributed by atoms with Gasteiger partial charge < -0.3 is 4.90 Å². The number of fused-ring (bicyclic) bond motifs is 1. The molecule has 6 heteroatoms. The van der Waals surface area contributed by atoms with Gasteiger partial charge in [0.25, 0.3) is 9.05 Å². The first kappa shape index (κ1) is 11.4. The molecule has 0 atom stereocenters. The molecule has 1 amide bonds. The minimum absolute atomic E-state index is 0.0170. The van der Waals surface area contributed by atoms with Crippen LogP contribution in [-0.2, 0) is 20.3 Å². The molecule has 0 aromatic heterocycles. The van der Waals surface area contributed by atoms with Crippen molar-refractivity contribution >= 4 is 31.3 Å². The standard InChI is InChI=1S/C10H10ClNO3S/c1-12-9-6-8(16(11,14)15)4-2-7(9)3-5-10(12)13/h2,4,6H,3,5H2,1H3. The van der Waals surface area contributed by atoms with Gasteiger partial charge >= 0.3 is 0 Å². The zero-order valence-electron chi connectivity index (χ0n) is 8.60. The van der Waals surface area contributed by atoms with E-state index in [4.69, 9.17) is 10.7 Å². The van der Waals surface area contributed by atoms with Crippen molar-refractivity contribution in [2.75, 3.05) is 11.9 Å². The summed E-state index contributed by atoms with van der Waals surface area (Å²) >= 11 is 0. The van der Waals surface area contributed by atoms with Gasteiger partial charge in [0, 0.05) is 29.8 Å². The second kappa shape index (κ2) is 3.75. The molecule has 1 aliphatic rings. The number of hydrogen-bond donors (Lipinski definition) is 0. The lowest BCUT2D eigenvalue weighted by Gasteiger charge is -2.25. The van der Waals surface area contributed by atoms with Gasteiger partial charge in [0.05, 0.1) is 4.90 Å². The number of amides is 1. The summed E-state index contributed by atoms with van der Waals surface area (Å²) in [5, 5.41) is 0. The van der Waals surface area contributed by atoms with Crippen molar-refractivity contribution in [1.29, 1.82) is 0 Å². The fraction of sp³-hybridized carbons (Fsp3) is 0.300. The van der Waals surface area contributed by atoms with E-state index in [-0.39, 0.29) is 10.8 Å². The number of halogens is 1. The first-order valence-corrected chi connectivity index (χ1v) is 7.04. The minimum Gasteiger partial charge on any atom is -0.315 e. The van der Waals surface area contributed by atoms with Gasteiger partial charge in [-0.25, -0.2) is 8.42 Å². The molecule has 4 nitrogen and oxygen atoms in total. The van der Waals surface area contributed by atoms with E-state index in [0.717, 1.165) is 5.56 Å². The third kappa shape index (κ3) is 1.92.